The van der Waals surface area contributed by atoms with E-state index in [-0.39, 0.29) is 11.5 Å². The molecule has 2 heteroatoms. The molecule has 2 spiro atoms. The number of aldehydes is 1. The predicted octanol–water partition coefficient (Wildman–Crippen LogP) is 5.38. The highest BCUT2D eigenvalue weighted by molar-refractivity contribution is 5.50. The van der Waals surface area contributed by atoms with Crippen LogP contribution in [0, 0.1) is 44.8 Å². The van der Waals surface area contributed by atoms with Gasteiger partial charge in [0, 0.05) is 6.42 Å². The summed E-state index contributed by atoms with van der Waals surface area (Å²) >= 11 is 0. The van der Waals surface area contributed by atoms with E-state index in [9.17, 15) is 9.90 Å². The molecule has 5 rings (SSSR count). The van der Waals surface area contributed by atoms with Crippen LogP contribution >= 0.6 is 0 Å². The Kier molecular flexibility index (Phi) is 3.38. The average molecular weight is 359 g/mol. The van der Waals surface area contributed by atoms with Crippen LogP contribution in [0.4, 0.5) is 0 Å². The quantitative estimate of drug-likeness (QED) is 0.673. The largest absolute Gasteiger partial charge is 0.393 e. The number of carbonyl (C=O) groups excluding carboxylic acids is 1. The maximum Gasteiger partial charge on any atom is 0.120 e. The lowest BCUT2D eigenvalue weighted by Gasteiger charge is -2.63. The SMILES string of the molecule is CC1(C)C2CCC3[C@]4(CC[C@]5(C)C(CC=O)CC[C@@]35C)C[C@]24CC[C@@H]1O. The Bertz CT molecular complexity index is 640. The van der Waals surface area contributed by atoms with Gasteiger partial charge in [-0.2, -0.15) is 0 Å². The van der Waals surface area contributed by atoms with Crippen molar-refractivity contribution in [3.63, 3.8) is 0 Å². The van der Waals surface area contributed by atoms with E-state index in [1.807, 2.05) is 0 Å². The zero-order valence-corrected chi connectivity index (χ0v) is 17.3. The van der Waals surface area contributed by atoms with E-state index in [0.29, 0.717) is 27.6 Å². The summed E-state index contributed by atoms with van der Waals surface area (Å²) in [6.07, 6.45) is 13.6. The Balaban J connectivity index is 1.52. The topological polar surface area (TPSA) is 37.3 Å². The molecule has 0 aliphatic heterocycles. The van der Waals surface area contributed by atoms with Gasteiger partial charge in [0.1, 0.15) is 6.29 Å². The van der Waals surface area contributed by atoms with Crippen LogP contribution in [0.2, 0.25) is 0 Å². The smallest absolute Gasteiger partial charge is 0.120 e. The van der Waals surface area contributed by atoms with Gasteiger partial charge in [-0.1, -0.05) is 27.7 Å². The number of carbonyl (C=O) groups is 1. The highest BCUT2D eigenvalue weighted by Gasteiger charge is 2.81. The van der Waals surface area contributed by atoms with Gasteiger partial charge in [-0.25, -0.2) is 0 Å². The van der Waals surface area contributed by atoms with Crippen molar-refractivity contribution in [1.29, 1.82) is 0 Å². The molecule has 3 unspecified atom stereocenters. The summed E-state index contributed by atoms with van der Waals surface area (Å²) in [7, 11) is 0. The molecule has 1 N–H and O–H groups in total. The van der Waals surface area contributed by atoms with Crippen molar-refractivity contribution in [1.82, 2.24) is 0 Å². The molecule has 0 heterocycles. The molecule has 26 heavy (non-hydrogen) atoms. The molecule has 5 aliphatic rings. The normalized spacial score (nSPS) is 59.6. The van der Waals surface area contributed by atoms with Crippen LogP contribution in [0.1, 0.15) is 91.9 Å². The first kappa shape index (κ1) is 17.7. The maximum absolute atomic E-state index is 11.3. The fraction of sp³-hybridized carbons (Fsp3) is 0.958. The molecule has 0 bridgehead atoms. The fourth-order valence-corrected chi connectivity index (χ4v) is 9.96. The zero-order chi connectivity index (χ0) is 18.6. The summed E-state index contributed by atoms with van der Waals surface area (Å²) in [4.78, 5) is 11.3. The monoisotopic (exact) mass is 358 g/mol. The Morgan fingerprint density at radius 2 is 1.54 bits per heavy atom. The molecule has 146 valence electrons. The van der Waals surface area contributed by atoms with Gasteiger partial charge < -0.3 is 9.90 Å². The van der Waals surface area contributed by atoms with Crippen molar-refractivity contribution in [3.8, 4) is 0 Å². The second-order valence-corrected chi connectivity index (χ2v) is 12.0. The van der Waals surface area contributed by atoms with E-state index < -0.39 is 0 Å². The standard InChI is InChI=1S/C24H38O2/c1-20(2)17-5-6-18-22(4)10-7-16(9-14-25)21(22,3)12-13-24(18)15-23(17,24)11-8-19(20)26/h14,16-19,26H,5-13,15H2,1-4H3/t16?,17?,18?,19-,21+,22-,23+,24-/m0/s1. The summed E-state index contributed by atoms with van der Waals surface area (Å²) < 4.78 is 0. The Morgan fingerprint density at radius 1 is 0.846 bits per heavy atom. The Morgan fingerprint density at radius 3 is 2.27 bits per heavy atom. The molecule has 2 nitrogen and oxygen atoms in total. The van der Waals surface area contributed by atoms with Gasteiger partial charge in [-0.15, -0.1) is 0 Å². The summed E-state index contributed by atoms with van der Waals surface area (Å²) in [5.74, 6) is 2.18. The second-order valence-electron chi connectivity index (χ2n) is 12.0. The minimum absolute atomic E-state index is 0.0874. The third kappa shape index (κ3) is 1.69. The van der Waals surface area contributed by atoms with E-state index in [0.717, 1.165) is 24.7 Å². The van der Waals surface area contributed by atoms with Gasteiger partial charge >= 0.3 is 0 Å². The van der Waals surface area contributed by atoms with Crippen molar-refractivity contribution in [2.75, 3.05) is 0 Å². The highest BCUT2D eigenvalue weighted by Crippen LogP contribution is 2.88. The van der Waals surface area contributed by atoms with Crippen LogP contribution in [-0.2, 0) is 4.79 Å². The zero-order valence-electron chi connectivity index (χ0n) is 17.3. The van der Waals surface area contributed by atoms with Gasteiger partial charge in [-0.05, 0) is 103 Å². The van der Waals surface area contributed by atoms with E-state index in [1.165, 1.54) is 57.7 Å². The molecule has 8 atom stereocenters. The summed E-state index contributed by atoms with van der Waals surface area (Å²) in [5, 5.41) is 10.7. The molecule has 0 saturated heterocycles. The van der Waals surface area contributed by atoms with E-state index in [1.54, 1.807) is 0 Å². The minimum atomic E-state index is -0.111. The number of fused-ring (bicyclic) bond motifs is 2. The molecule has 5 aliphatic carbocycles. The predicted molar refractivity (Wildman–Crippen MR) is 104 cm³/mol. The van der Waals surface area contributed by atoms with Crippen molar-refractivity contribution in [2.45, 2.75) is 98.0 Å². The van der Waals surface area contributed by atoms with Crippen LogP contribution < -0.4 is 0 Å². The number of aliphatic hydroxyl groups excluding tert-OH is 1. The van der Waals surface area contributed by atoms with Gasteiger partial charge in [0.2, 0.25) is 0 Å². The van der Waals surface area contributed by atoms with Crippen LogP contribution in [0.3, 0.4) is 0 Å². The first-order chi connectivity index (χ1) is 12.2. The average Bonchev–Trinajstić information content (AvgIpc) is 3.19. The van der Waals surface area contributed by atoms with Crippen molar-refractivity contribution in [3.05, 3.63) is 0 Å². The first-order valence-corrected chi connectivity index (χ1v) is 11.3. The third-order valence-electron chi connectivity index (χ3n) is 11.7. The summed E-state index contributed by atoms with van der Waals surface area (Å²) in [6.45, 7) is 9.84. The minimum Gasteiger partial charge on any atom is -0.393 e. The Labute approximate surface area is 159 Å². The second kappa shape index (κ2) is 4.97. The third-order valence-corrected chi connectivity index (χ3v) is 11.7. The molecule has 0 radical (unpaired) electrons. The lowest BCUT2D eigenvalue weighted by atomic mass is 9.42. The first-order valence-electron chi connectivity index (χ1n) is 11.3. The number of aliphatic hydroxyl groups is 1. The van der Waals surface area contributed by atoms with E-state index >= 15 is 0 Å². The van der Waals surface area contributed by atoms with Crippen LogP contribution in [-0.4, -0.2) is 17.5 Å². The molecule has 5 saturated carbocycles. The van der Waals surface area contributed by atoms with Crippen molar-refractivity contribution in [2.24, 2.45) is 44.8 Å². The lowest BCUT2D eigenvalue weighted by molar-refractivity contribution is -0.159. The number of hydrogen-bond acceptors (Lipinski definition) is 2. The number of hydrogen-bond donors (Lipinski definition) is 1. The molecule has 0 aromatic heterocycles. The summed E-state index contributed by atoms with van der Waals surface area (Å²) in [5.41, 5.74) is 1.98. The molecule has 0 aromatic rings. The molecule has 5 fully saturated rings. The van der Waals surface area contributed by atoms with Crippen LogP contribution in [0.15, 0.2) is 0 Å². The van der Waals surface area contributed by atoms with E-state index in [2.05, 4.69) is 27.7 Å². The maximum atomic E-state index is 11.3. The summed E-state index contributed by atoms with van der Waals surface area (Å²) in [6, 6.07) is 0. The van der Waals surface area contributed by atoms with Gasteiger partial charge in [0.15, 0.2) is 0 Å². The van der Waals surface area contributed by atoms with Gasteiger partial charge in [0.05, 0.1) is 6.10 Å². The Hall–Kier alpha value is -0.370. The lowest BCUT2D eigenvalue weighted by Crippen LogP contribution is -2.57. The highest BCUT2D eigenvalue weighted by atomic mass is 16.3. The fourth-order valence-electron chi connectivity index (χ4n) is 9.96. The molecular weight excluding hydrogens is 320 g/mol. The molecule has 0 amide bonds. The van der Waals surface area contributed by atoms with Gasteiger partial charge in [-0.3, -0.25) is 0 Å². The van der Waals surface area contributed by atoms with E-state index in [4.69, 9.17) is 0 Å². The van der Waals surface area contributed by atoms with Crippen LogP contribution in [0.5, 0.6) is 0 Å². The van der Waals surface area contributed by atoms with Gasteiger partial charge in [0.25, 0.3) is 0 Å². The molecular formula is C24H38O2. The van der Waals surface area contributed by atoms with Crippen molar-refractivity contribution >= 4 is 6.29 Å². The molecule has 0 aromatic carbocycles. The van der Waals surface area contributed by atoms with Crippen LogP contribution in [0.25, 0.3) is 0 Å². The number of rotatable bonds is 2. The van der Waals surface area contributed by atoms with Crippen molar-refractivity contribution < 1.29 is 9.90 Å².